The smallest absolute Gasteiger partial charge is 0.252 e. The summed E-state index contributed by atoms with van der Waals surface area (Å²) in [4.78, 5) is 23.4. The van der Waals surface area contributed by atoms with Gasteiger partial charge in [0.25, 0.3) is 5.91 Å². The molecule has 1 aromatic carbocycles. The van der Waals surface area contributed by atoms with E-state index in [0.717, 1.165) is 5.56 Å². The number of benzene rings is 1. The highest BCUT2D eigenvalue weighted by molar-refractivity contribution is 7.08. The minimum atomic E-state index is -0.136. The van der Waals surface area contributed by atoms with Gasteiger partial charge in [0.1, 0.15) is 0 Å². The number of thiophene rings is 1. The van der Waals surface area contributed by atoms with Gasteiger partial charge in [-0.25, -0.2) is 0 Å². The van der Waals surface area contributed by atoms with Crippen molar-refractivity contribution in [3.05, 3.63) is 57.8 Å². The molecule has 4 nitrogen and oxygen atoms in total. The van der Waals surface area contributed by atoms with E-state index < -0.39 is 0 Å². The molecule has 110 valence electrons. The van der Waals surface area contributed by atoms with Crippen LogP contribution in [0.25, 0.3) is 0 Å². The number of nitrogens with one attached hydrogen (secondary N) is 2. The molecule has 0 aliphatic rings. The maximum absolute atomic E-state index is 11.7. The summed E-state index contributed by atoms with van der Waals surface area (Å²) in [6.07, 6.45) is 0.279. The molecule has 0 aliphatic carbocycles. The lowest BCUT2D eigenvalue weighted by Crippen LogP contribution is -2.30. The first-order valence-electron chi connectivity index (χ1n) is 6.78. The van der Waals surface area contributed by atoms with Crippen molar-refractivity contribution < 1.29 is 9.59 Å². The molecule has 0 unspecified atom stereocenters. The summed E-state index contributed by atoms with van der Waals surface area (Å²) >= 11 is 1.47. The Hall–Kier alpha value is -2.14. The van der Waals surface area contributed by atoms with Crippen LogP contribution in [-0.4, -0.2) is 18.4 Å². The molecule has 0 fully saturated rings. The lowest BCUT2D eigenvalue weighted by atomic mass is 10.1. The Kier molecular flexibility index (Phi) is 5.51. The highest BCUT2D eigenvalue weighted by atomic mass is 32.1. The fraction of sp³-hybridized carbons (Fsp3) is 0.250. The second-order valence-electron chi connectivity index (χ2n) is 4.78. The highest BCUT2D eigenvalue weighted by Crippen LogP contribution is 2.05. The van der Waals surface area contributed by atoms with Gasteiger partial charge in [-0.15, -0.1) is 0 Å². The molecule has 2 amide bonds. The lowest BCUT2D eigenvalue weighted by Gasteiger charge is -2.07. The minimum Gasteiger partial charge on any atom is -0.352 e. The Morgan fingerprint density at radius 1 is 1.19 bits per heavy atom. The van der Waals surface area contributed by atoms with E-state index in [4.69, 9.17) is 0 Å². The molecule has 0 aliphatic heterocycles. The summed E-state index contributed by atoms with van der Waals surface area (Å²) in [5, 5.41) is 9.21. The van der Waals surface area contributed by atoms with Gasteiger partial charge < -0.3 is 10.6 Å². The van der Waals surface area contributed by atoms with Gasteiger partial charge in [-0.1, -0.05) is 29.8 Å². The van der Waals surface area contributed by atoms with E-state index in [9.17, 15) is 9.59 Å². The summed E-state index contributed by atoms with van der Waals surface area (Å²) in [7, 11) is 0. The standard InChI is InChI=1S/C16H18N2O2S/c1-12-3-2-4-13(9-12)10-18-15(19)5-7-17-16(20)14-6-8-21-11-14/h2-4,6,8-9,11H,5,7,10H2,1H3,(H,17,20)(H,18,19). The van der Waals surface area contributed by atoms with Crippen LogP contribution in [0.3, 0.4) is 0 Å². The van der Waals surface area contributed by atoms with E-state index in [-0.39, 0.29) is 18.2 Å². The molecular formula is C16H18N2O2S. The summed E-state index contributed by atoms with van der Waals surface area (Å²) < 4.78 is 0. The van der Waals surface area contributed by atoms with E-state index in [2.05, 4.69) is 10.6 Å². The van der Waals surface area contributed by atoms with Crippen LogP contribution in [0, 0.1) is 6.92 Å². The van der Waals surface area contributed by atoms with Gasteiger partial charge in [-0.05, 0) is 23.9 Å². The van der Waals surface area contributed by atoms with Crippen molar-refractivity contribution in [2.24, 2.45) is 0 Å². The summed E-state index contributed by atoms with van der Waals surface area (Å²) in [6, 6.07) is 9.77. The van der Waals surface area contributed by atoms with Crippen molar-refractivity contribution in [1.82, 2.24) is 10.6 Å². The number of amides is 2. The number of hydrogen-bond donors (Lipinski definition) is 2. The van der Waals surface area contributed by atoms with Gasteiger partial charge in [0.05, 0.1) is 0 Å². The summed E-state index contributed by atoms with van der Waals surface area (Å²) in [5.74, 6) is -0.204. The number of rotatable bonds is 6. The van der Waals surface area contributed by atoms with Crippen LogP contribution < -0.4 is 10.6 Å². The van der Waals surface area contributed by atoms with Gasteiger partial charge >= 0.3 is 0 Å². The lowest BCUT2D eigenvalue weighted by molar-refractivity contribution is -0.121. The number of carbonyl (C=O) groups excluding carboxylic acids is 2. The maximum Gasteiger partial charge on any atom is 0.252 e. The zero-order valence-electron chi connectivity index (χ0n) is 11.9. The van der Waals surface area contributed by atoms with Gasteiger partial charge in [0.2, 0.25) is 5.91 Å². The monoisotopic (exact) mass is 302 g/mol. The van der Waals surface area contributed by atoms with E-state index in [1.54, 1.807) is 11.4 Å². The molecule has 1 aromatic heterocycles. The van der Waals surface area contributed by atoms with E-state index in [1.165, 1.54) is 16.9 Å². The second-order valence-corrected chi connectivity index (χ2v) is 5.56. The first-order chi connectivity index (χ1) is 10.1. The third-order valence-corrected chi connectivity index (χ3v) is 3.68. The van der Waals surface area contributed by atoms with Crippen molar-refractivity contribution in [3.8, 4) is 0 Å². The van der Waals surface area contributed by atoms with Crippen molar-refractivity contribution in [1.29, 1.82) is 0 Å². The van der Waals surface area contributed by atoms with E-state index in [0.29, 0.717) is 18.7 Å². The molecular weight excluding hydrogens is 284 g/mol. The SMILES string of the molecule is Cc1cccc(CNC(=O)CCNC(=O)c2ccsc2)c1. The summed E-state index contributed by atoms with van der Waals surface area (Å²) in [6.45, 7) is 2.87. The molecule has 5 heteroatoms. The molecule has 0 radical (unpaired) electrons. The van der Waals surface area contributed by atoms with Crippen LogP contribution in [0.4, 0.5) is 0 Å². The molecule has 2 rings (SSSR count). The number of carbonyl (C=O) groups is 2. The van der Waals surface area contributed by atoms with Gasteiger partial charge in [0.15, 0.2) is 0 Å². The van der Waals surface area contributed by atoms with Gasteiger partial charge in [-0.3, -0.25) is 9.59 Å². The largest absolute Gasteiger partial charge is 0.352 e. The molecule has 0 saturated carbocycles. The van der Waals surface area contributed by atoms with Crippen LogP contribution in [0.1, 0.15) is 27.9 Å². The molecule has 0 saturated heterocycles. The zero-order valence-corrected chi connectivity index (χ0v) is 12.7. The van der Waals surface area contributed by atoms with Gasteiger partial charge in [-0.2, -0.15) is 11.3 Å². The Balaban J connectivity index is 1.67. The third kappa shape index (κ3) is 5.04. The van der Waals surface area contributed by atoms with Crippen molar-refractivity contribution in [3.63, 3.8) is 0 Å². The molecule has 0 spiro atoms. The molecule has 2 aromatic rings. The van der Waals surface area contributed by atoms with E-state index in [1.807, 2.05) is 36.6 Å². The Labute approximate surface area is 128 Å². The summed E-state index contributed by atoms with van der Waals surface area (Å²) in [5.41, 5.74) is 2.88. The number of hydrogen-bond acceptors (Lipinski definition) is 3. The Morgan fingerprint density at radius 3 is 2.76 bits per heavy atom. The first kappa shape index (κ1) is 15.3. The molecule has 2 N–H and O–H groups in total. The van der Waals surface area contributed by atoms with Crippen LogP contribution in [0.5, 0.6) is 0 Å². The second kappa shape index (κ2) is 7.59. The van der Waals surface area contributed by atoms with Crippen LogP contribution in [0.15, 0.2) is 41.1 Å². The Bertz CT molecular complexity index is 608. The fourth-order valence-corrected chi connectivity index (χ4v) is 2.53. The highest BCUT2D eigenvalue weighted by Gasteiger charge is 2.06. The van der Waals surface area contributed by atoms with Gasteiger partial charge in [0, 0.05) is 30.5 Å². The third-order valence-electron chi connectivity index (χ3n) is 2.99. The fourth-order valence-electron chi connectivity index (χ4n) is 1.90. The van der Waals surface area contributed by atoms with Crippen molar-refractivity contribution in [2.75, 3.05) is 6.54 Å². The van der Waals surface area contributed by atoms with Crippen LogP contribution >= 0.6 is 11.3 Å². The molecule has 0 bridgehead atoms. The van der Waals surface area contributed by atoms with Crippen LogP contribution in [0.2, 0.25) is 0 Å². The number of aryl methyl sites for hydroxylation is 1. The van der Waals surface area contributed by atoms with Crippen molar-refractivity contribution >= 4 is 23.2 Å². The topological polar surface area (TPSA) is 58.2 Å². The van der Waals surface area contributed by atoms with Crippen molar-refractivity contribution in [2.45, 2.75) is 19.9 Å². The first-order valence-corrected chi connectivity index (χ1v) is 7.72. The molecule has 21 heavy (non-hydrogen) atoms. The molecule has 0 atom stereocenters. The predicted octanol–water partition coefficient (Wildman–Crippen LogP) is 2.49. The molecule has 1 heterocycles. The predicted molar refractivity (Wildman–Crippen MR) is 84.3 cm³/mol. The average Bonchev–Trinajstić information content (AvgIpc) is 2.99. The average molecular weight is 302 g/mol. The van der Waals surface area contributed by atoms with Crippen LogP contribution in [-0.2, 0) is 11.3 Å². The van der Waals surface area contributed by atoms with E-state index >= 15 is 0 Å². The quantitative estimate of drug-likeness (QED) is 0.861. The normalized spacial score (nSPS) is 10.1. The minimum absolute atomic E-state index is 0.0675. The zero-order chi connectivity index (χ0) is 15.1. The Morgan fingerprint density at radius 2 is 2.05 bits per heavy atom. The maximum atomic E-state index is 11.7.